The highest BCUT2D eigenvalue weighted by atomic mass is 35.5. The lowest BCUT2D eigenvalue weighted by Gasteiger charge is -2.24. The quantitative estimate of drug-likeness (QED) is 0.775. The monoisotopic (exact) mass is 303 g/mol. The van der Waals surface area contributed by atoms with Crippen molar-refractivity contribution in [1.82, 2.24) is 5.32 Å². The maximum absolute atomic E-state index is 12.4. The highest BCUT2D eigenvalue weighted by Crippen LogP contribution is 2.22. The van der Waals surface area contributed by atoms with Gasteiger partial charge in [-0.15, -0.1) is 11.6 Å². The van der Waals surface area contributed by atoms with Gasteiger partial charge < -0.3 is 5.32 Å². The van der Waals surface area contributed by atoms with Crippen molar-refractivity contribution in [3.05, 3.63) is 48.0 Å². The molecule has 1 N–H and O–H groups in total. The van der Waals surface area contributed by atoms with Gasteiger partial charge >= 0.3 is 0 Å². The molecule has 112 valence electrons. The molecule has 1 amide bonds. The van der Waals surface area contributed by atoms with Crippen LogP contribution in [0.15, 0.2) is 42.5 Å². The second-order valence-electron chi connectivity index (χ2n) is 6.17. The molecule has 21 heavy (non-hydrogen) atoms. The molecule has 0 saturated heterocycles. The highest BCUT2D eigenvalue weighted by molar-refractivity contribution is 6.17. The van der Waals surface area contributed by atoms with E-state index in [1.807, 2.05) is 42.5 Å². The van der Waals surface area contributed by atoms with Gasteiger partial charge in [0.15, 0.2) is 0 Å². The lowest BCUT2D eigenvalue weighted by atomic mass is 9.88. The Morgan fingerprint density at radius 1 is 1.14 bits per heavy atom. The van der Waals surface area contributed by atoms with E-state index in [9.17, 15) is 4.79 Å². The minimum Gasteiger partial charge on any atom is -0.351 e. The fraction of sp³-hybridized carbons (Fsp3) is 0.389. The zero-order chi connectivity index (χ0) is 15.3. The molecule has 0 spiro atoms. The molecule has 0 radical (unpaired) electrons. The molecule has 2 aromatic carbocycles. The van der Waals surface area contributed by atoms with Crippen LogP contribution in [0.2, 0.25) is 0 Å². The van der Waals surface area contributed by atoms with Crippen molar-refractivity contribution in [2.45, 2.75) is 26.7 Å². The van der Waals surface area contributed by atoms with Gasteiger partial charge in [-0.2, -0.15) is 0 Å². The fourth-order valence-corrected chi connectivity index (χ4v) is 2.61. The summed E-state index contributed by atoms with van der Waals surface area (Å²) in [6, 6.07) is 13.8. The predicted molar refractivity (Wildman–Crippen MR) is 90.0 cm³/mol. The Balaban J connectivity index is 2.09. The second kappa shape index (κ2) is 6.95. The summed E-state index contributed by atoms with van der Waals surface area (Å²) in [7, 11) is 0. The van der Waals surface area contributed by atoms with Gasteiger partial charge in [0.2, 0.25) is 0 Å². The number of benzene rings is 2. The van der Waals surface area contributed by atoms with E-state index in [0.717, 1.165) is 29.2 Å². The van der Waals surface area contributed by atoms with Gasteiger partial charge in [-0.3, -0.25) is 4.79 Å². The minimum absolute atomic E-state index is 0.00857. The van der Waals surface area contributed by atoms with Gasteiger partial charge in [-0.25, -0.2) is 0 Å². The van der Waals surface area contributed by atoms with E-state index in [4.69, 9.17) is 11.6 Å². The number of carbonyl (C=O) groups is 1. The minimum atomic E-state index is -0.00857. The largest absolute Gasteiger partial charge is 0.351 e. The van der Waals surface area contributed by atoms with Crippen LogP contribution < -0.4 is 5.32 Å². The van der Waals surface area contributed by atoms with E-state index < -0.39 is 0 Å². The SMILES string of the molecule is CC(C)(CCCCl)CNC(=O)c1cccc2ccccc12. The Kier molecular flexibility index (Phi) is 5.24. The number of alkyl halides is 1. The standard InChI is InChI=1S/C18H22ClNO/c1-18(2,11-6-12-19)13-20-17(21)16-10-5-8-14-7-3-4-9-15(14)16/h3-5,7-10H,6,11-13H2,1-2H3,(H,20,21). The molecule has 0 atom stereocenters. The van der Waals surface area contributed by atoms with Crippen LogP contribution in [0.4, 0.5) is 0 Å². The van der Waals surface area contributed by atoms with Crippen molar-refractivity contribution in [2.24, 2.45) is 5.41 Å². The maximum Gasteiger partial charge on any atom is 0.251 e. The summed E-state index contributed by atoms with van der Waals surface area (Å²) in [6.07, 6.45) is 1.98. The highest BCUT2D eigenvalue weighted by Gasteiger charge is 2.19. The zero-order valence-corrected chi connectivity index (χ0v) is 13.4. The summed E-state index contributed by atoms with van der Waals surface area (Å²) in [5, 5.41) is 5.14. The number of nitrogens with one attached hydrogen (secondary N) is 1. The van der Waals surface area contributed by atoms with E-state index in [2.05, 4.69) is 19.2 Å². The van der Waals surface area contributed by atoms with Crippen LogP contribution in [0.5, 0.6) is 0 Å². The first-order valence-electron chi connectivity index (χ1n) is 7.35. The van der Waals surface area contributed by atoms with E-state index in [1.54, 1.807) is 0 Å². The molecule has 0 aromatic heterocycles. The first-order chi connectivity index (χ1) is 10.0. The summed E-state index contributed by atoms with van der Waals surface area (Å²) >= 11 is 5.74. The molecule has 0 unspecified atom stereocenters. The molecule has 0 aliphatic carbocycles. The van der Waals surface area contributed by atoms with E-state index >= 15 is 0 Å². The number of amides is 1. The van der Waals surface area contributed by atoms with Crippen LogP contribution in [0.3, 0.4) is 0 Å². The molecule has 3 heteroatoms. The average Bonchev–Trinajstić information content (AvgIpc) is 2.50. The Hall–Kier alpha value is -1.54. The van der Waals surface area contributed by atoms with Gasteiger partial charge in [-0.05, 0) is 35.1 Å². The summed E-state index contributed by atoms with van der Waals surface area (Å²) in [4.78, 5) is 12.4. The lowest BCUT2D eigenvalue weighted by molar-refractivity contribution is 0.0936. The normalized spacial score (nSPS) is 11.6. The van der Waals surface area contributed by atoms with Crippen LogP contribution >= 0.6 is 11.6 Å². The van der Waals surface area contributed by atoms with Crippen LogP contribution in [-0.4, -0.2) is 18.3 Å². The number of fused-ring (bicyclic) bond motifs is 1. The third kappa shape index (κ3) is 4.21. The number of hydrogen-bond acceptors (Lipinski definition) is 1. The Morgan fingerprint density at radius 3 is 2.62 bits per heavy atom. The molecular weight excluding hydrogens is 282 g/mol. The molecule has 0 bridgehead atoms. The van der Waals surface area contributed by atoms with Crippen LogP contribution in [0.1, 0.15) is 37.0 Å². The Labute approximate surface area is 131 Å². The van der Waals surface area contributed by atoms with Crippen LogP contribution in [-0.2, 0) is 0 Å². The molecule has 0 heterocycles. The fourth-order valence-electron chi connectivity index (χ4n) is 2.47. The molecule has 2 rings (SSSR count). The number of hydrogen-bond donors (Lipinski definition) is 1. The molecule has 0 aliphatic rings. The van der Waals surface area contributed by atoms with Gasteiger partial charge in [0, 0.05) is 18.0 Å². The van der Waals surface area contributed by atoms with E-state index in [-0.39, 0.29) is 11.3 Å². The van der Waals surface area contributed by atoms with Crippen molar-refractivity contribution in [2.75, 3.05) is 12.4 Å². The van der Waals surface area contributed by atoms with Crippen molar-refractivity contribution in [3.63, 3.8) is 0 Å². The first kappa shape index (κ1) is 15.8. The molecular formula is C18H22ClNO. The summed E-state index contributed by atoms with van der Waals surface area (Å²) in [5.41, 5.74) is 0.802. The third-order valence-corrected chi connectivity index (χ3v) is 4.02. The summed E-state index contributed by atoms with van der Waals surface area (Å²) < 4.78 is 0. The predicted octanol–water partition coefficient (Wildman–Crippen LogP) is 4.61. The molecule has 2 aromatic rings. The first-order valence-corrected chi connectivity index (χ1v) is 7.89. The molecule has 0 aliphatic heterocycles. The Bertz CT molecular complexity index is 616. The van der Waals surface area contributed by atoms with E-state index in [0.29, 0.717) is 12.4 Å². The van der Waals surface area contributed by atoms with Crippen LogP contribution in [0.25, 0.3) is 10.8 Å². The van der Waals surface area contributed by atoms with Gasteiger partial charge in [-0.1, -0.05) is 50.2 Å². The van der Waals surface area contributed by atoms with Gasteiger partial charge in [0.05, 0.1) is 0 Å². The van der Waals surface area contributed by atoms with Crippen molar-refractivity contribution >= 4 is 28.3 Å². The smallest absolute Gasteiger partial charge is 0.251 e. The summed E-state index contributed by atoms with van der Waals surface area (Å²) in [6.45, 7) is 4.97. The average molecular weight is 304 g/mol. The van der Waals surface area contributed by atoms with Crippen molar-refractivity contribution in [3.8, 4) is 0 Å². The lowest BCUT2D eigenvalue weighted by Crippen LogP contribution is -2.34. The molecule has 0 fully saturated rings. The number of carbonyl (C=O) groups excluding carboxylic acids is 1. The maximum atomic E-state index is 12.4. The third-order valence-electron chi connectivity index (χ3n) is 3.75. The number of rotatable bonds is 6. The van der Waals surface area contributed by atoms with Gasteiger partial charge in [0.25, 0.3) is 5.91 Å². The van der Waals surface area contributed by atoms with E-state index in [1.165, 1.54) is 0 Å². The Morgan fingerprint density at radius 2 is 1.86 bits per heavy atom. The summed E-state index contributed by atoms with van der Waals surface area (Å²) in [5.74, 6) is 0.659. The molecule has 2 nitrogen and oxygen atoms in total. The topological polar surface area (TPSA) is 29.1 Å². The van der Waals surface area contributed by atoms with Crippen molar-refractivity contribution in [1.29, 1.82) is 0 Å². The van der Waals surface area contributed by atoms with Crippen LogP contribution in [0, 0.1) is 5.41 Å². The van der Waals surface area contributed by atoms with Crippen molar-refractivity contribution < 1.29 is 4.79 Å². The van der Waals surface area contributed by atoms with Gasteiger partial charge in [0.1, 0.15) is 0 Å². The zero-order valence-electron chi connectivity index (χ0n) is 12.7. The molecule has 0 saturated carbocycles. The number of halogens is 1. The second-order valence-corrected chi connectivity index (χ2v) is 6.54.